The molecule has 1 aliphatic heterocycles. The number of urea groups is 1. The Kier molecular flexibility index (Phi) is 5.18. The SMILES string of the molecule is CC1(c2ccc(F)cc2)NC(=O)N(CC(=O)NNC(=O)c2ccccc2O)C1=O. The van der Waals surface area contributed by atoms with Crippen LogP contribution in [-0.4, -0.2) is 40.3 Å². The van der Waals surface area contributed by atoms with Gasteiger partial charge in [-0.1, -0.05) is 24.3 Å². The fourth-order valence-electron chi connectivity index (χ4n) is 2.86. The molecule has 1 aliphatic rings. The molecule has 1 fully saturated rings. The van der Waals surface area contributed by atoms with Gasteiger partial charge < -0.3 is 10.4 Å². The van der Waals surface area contributed by atoms with E-state index in [1.807, 2.05) is 0 Å². The van der Waals surface area contributed by atoms with Crippen molar-refractivity contribution in [3.8, 4) is 5.75 Å². The van der Waals surface area contributed by atoms with E-state index in [4.69, 9.17) is 0 Å². The van der Waals surface area contributed by atoms with Crippen LogP contribution in [0.3, 0.4) is 0 Å². The molecule has 0 aromatic heterocycles. The van der Waals surface area contributed by atoms with Gasteiger partial charge in [0.25, 0.3) is 17.7 Å². The van der Waals surface area contributed by atoms with Crippen LogP contribution >= 0.6 is 0 Å². The number of aromatic hydroxyl groups is 1. The van der Waals surface area contributed by atoms with Crippen molar-refractivity contribution in [2.24, 2.45) is 0 Å². The number of para-hydroxylation sites is 1. The summed E-state index contributed by atoms with van der Waals surface area (Å²) >= 11 is 0. The van der Waals surface area contributed by atoms with Crippen molar-refractivity contribution in [1.82, 2.24) is 21.1 Å². The maximum atomic E-state index is 13.1. The van der Waals surface area contributed by atoms with Crippen LogP contribution in [0.2, 0.25) is 0 Å². The first-order chi connectivity index (χ1) is 13.7. The van der Waals surface area contributed by atoms with Crippen LogP contribution in [0.25, 0.3) is 0 Å². The zero-order chi connectivity index (χ0) is 21.2. The van der Waals surface area contributed by atoms with E-state index < -0.39 is 41.7 Å². The predicted octanol–water partition coefficient (Wildman–Crippen LogP) is 0.759. The number of amides is 5. The summed E-state index contributed by atoms with van der Waals surface area (Å²) < 4.78 is 13.1. The van der Waals surface area contributed by atoms with Gasteiger partial charge in [0.05, 0.1) is 5.56 Å². The molecule has 150 valence electrons. The lowest BCUT2D eigenvalue weighted by Crippen LogP contribution is -2.48. The molecule has 4 N–H and O–H groups in total. The molecule has 1 atom stereocenters. The first-order valence-electron chi connectivity index (χ1n) is 8.49. The van der Waals surface area contributed by atoms with E-state index in [2.05, 4.69) is 16.2 Å². The summed E-state index contributed by atoms with van der Waals surface area (Å²) in [4.78, 5) is 49.7. The minimum atomic E-state index is -1.45. The number of nitrogens with one attached hydrogen (secondary N) is 3. The lowest BCUT2D eigenvalue weighted by Gasteiger charge is -2.22. The maximum absolute atomic E-state index is 13.1. The molecule has 2 aromatic carbocycles. The van der Waals surface area contributed by atoms with Gasteiger partial charge in [0.2, 0.25) is 0 Å². The second-order valence-electron chi connectivity index (χ2n) is 6.47. The van der Waals surface area contributed by atoms with Gasteiger partial charge in [0, 0.05) is 0 Å². The summed E-state index contributed by atoms with van der Waals surface area (Å²) in [5, 5.41) is 12.1. The van der Waals surface area contributed by atoms with Gasteiger partial charge in [-0.2, -0.15) is 0 Å². The molecule has 1 unspecified atom stereocenters. The summed E-state index contributed by atoms with van der Waals surface area (Å²) in [6.07, 6.45) is 0. The number of imide groups is 1. The highest BCUT2D eigenvalue weighted by molar-refractivity contribution is 6.09. The Hall–Kier alpha value is -3.95. The van der Waals surface area contributed by atoms with Crippen molar-refractivity contribution in [3.63, 3.8) is 0 Å². The molecule has 0 saturated carbocycles. The highest BCUT2D eigenvalue weighted by Gasteiger charge is 2.49. The normalized spacial score (nSPS) is 18.3. The molecule has 2 aromatic rings. The van der Waals surface area contributed by atoms with Crippen LogP contribution in [0.1, 0.15) is 22.8 Å². The molecule has 3 rings (SSSR count). The number of carbonyl (C=O) groups excluding carboxylic acids is 4. The van der Waals surface area contributed by atoms with Crippen molar-refractivity contribution in [2.45, 2.75) is 12.5 Å². The molecule has 29 heavy (non-hydrogen) atoms. The number of hydrogen-bond acceptors (Lipinski definition) is 5. The molecule has 1 saturated heterocycles. The third kappa shape index (κ3) is 3.86. The lowest BCUT2D eigenvalue weighted by molar-refractivity contribution is -0.135. The van der Waals surface area contributed by atoms with Gasteiger partial charge in [-0.25, -0.2) is 9.18 Å². The van der Waals surface area contributed by atoms with Crippen molar-refractivity contribution >= 4 is 23.8 Å². The van der Waals surface area contributed by atoms with Gasteiger partial charge in [-0.15, -0.1) is 0 Å². The fourth-order valence-corrected chi connectivity index (χ4v) is 2.86. The number of phenolic OH excluding ortho intramolecular Hbond substituents is 1. The van der Waals surface area contributed by atoms with Crippen molar-refractivity contribution < 1.29 is 28.7 Å². The zero-order valence-corrected chi connectivity index (χ0v) is 15.2. The molecule has 5 amide bonds. The summed E-state index contributed by atoms with van der Waals surface area (Å²) in [6.45, 7) is 0.792. The molecule has 10 heteroatoms. The minimum absolute atomic E-state index is 0.0633. The Balaban J connectivity index is 1.64. The average molecular weight is 400 g/mol. The number of halogens is 1. The van der Waals surface area contributed by atoms with Gasteiger partial charge in [-0.3, -0.25) is 30.1 Å². The second-order valence-corrected chi connectivity index (χ2v) is 6.47. The van der Waals surface area contributed by atoms with Gasteiger partial charge >= 0.3 is 6.03 Å². The predicted molar refractivity (Wildman–Crippen MR) is 97.7 cm³/mol. The highest BCUT2D eigenvalue weighted by Crippen LogP contribution is 2.28. The van der Waals surface area contributed by atoms with E-state index >= 15 is 0 Å². The largest absolute Gasteiger partial charge is 0.507 e. The first-order valence-corrected chi connectivity index (χ1v) is 8.49. The molecular weight excluding hydrogens is 383 g/mol. The second kappa shape index (κ2) is 7.58. The smallest absolute Gasteiger partial charge is 0.325 e. The Morgan fingerprint density at radius 3 is 2.41 bits per heavy atom. The van der Waals surface area contributed by atoms with Crippen LogP contribution < -0.4 is 16.2 Å². The number of carbonyl (C=O) groups is 4. The van der Waals surface area contributed by atoms with Crippen LogP contribution in [0.15, 0.2) is 48.5 Å². The average Bonchev–Trinajstić information content (AvgIpc) is 2.91. The molecule has 0 bridgehead atoms. The Bertz CT molecular complexity index is 994. The van der Waals surface area contributed by atoms with E-state index in [0.717, 1.165) is 12.1 Å². The Morgan fingerprint density at radius 1 is 1.10 bits per heavy atom. The van der Waals surface area contributed by atoms with E-state index in [1.54, 1.807) is 0 Å². The molecule has 1 heterocycles. The standard InChI is InChI=1S/C19H17FN4O5/c1-19(11-6-8-12(20)9-7-11)17(28)24(18(29)21-19)10-15(26)22-23-16(27)13-4-2-3-5-14(13)25/h2-9,25H,10H2,1H3,(H,21,29)(H,22,26)(H,23,27). The van der Waals surface area contributed by atoms with Gasteiger partial charge in [0.1, 0.15) is 23.7 Å². The molecule has 0 aliphatic carbocycles. The van der Waals surface area contributed by atoms with Gasteiger partial charge in [-0.05, 0) is 36.8 Å². The van der Waals surface area contributed by atoms with Crippen LogP contribution in [0.4, 0.5) is 9.18 Å². The molecular formula is C19H17FN4O5. The Morgan fingerprint density at radius 2 is 1.76 bits per heavy atom. The van der Waals surface area contributed by atoms with Crippen molar-refractivity contribution in [1.29, 1.82) is 0 Å². The van der Waals surface area contributed by atoms with Crippen molar-refractivity contribution in [2.75, 3.05) is 6.54 Å². The monoisotopic (exact) mass is 400 g/mol. The number of phenols is 1. The summed E-state index contributed by atoms with van der Waals surface area (Å²) in [7, 11) is 0. The van der Waals surface area contributed by atoms with E-state index in [1.165, 1.54) is 43.3 Å². The third-order valence-electron chi connectivity index (χ3n) is 4.46. The van der Waals surface area contributed by atoms with Crippen LogP contribution in [0.5, 0.6) is 5.75 Å². The topological polar surface area (TPSA) is 128 Å². The van der Waals surface area contributed by atoms with E-state index in [-0.39, 0.29) is 11.3 Å². The fraction of sp³-hybridized carbons (Fsp3) is 0.158. The lowest BCUT2D eigenvalue weighted by atomic mass is 9.92. The van der Waals surface area contributed by atoms with Crippen LogP contribution in [0, 0.1) is 5.82 Å². The number of hydrazine groups is 1. The number of nitrogens with zero attached hydrogens (tertiary/aromatic N) is 1. The first kappa shape index (κ1) is 19.8. The summed E-state index contributed by atoms with van der Waals surface area (Å²) in [5.41, 5.74) is 3.01. The van der Waals surface area contributed by atoms with E-state index in [0.29, 0.717) is 10.5 Å². The molecule has 9 nitrogen and oxygen atoms in total. The highest BCUT2D eigenvalue weighted by atomic mass is 19.1. The van der Waals surface area contributed by atoms with E-state index in [9.17, 15) is 28.7 Å². The Labute approximate surface area is 164 Å². The summed E-state index contributed by atoms with van der Waals surface area (Å²) in [6, 6.07) is 9.95. The zero-order valence-electron chi connectivity index (χ0n) is 15.2. The minimum Gasteiger partial charge on any atom is -0.507 e. The van der Waals surface area contributed by atoms with Crippen molar-refractivity contribution in [3.05, 3.63) is 65.5 Å². The molecule has 0 spiro atoms. The van der Waals surface area contributed by atoms with Crippen LogP contribution in [-0.2, 0) is 15.1 Å². The number of rotatable bonds is 4. The maximum Gasteiger partial charge on any atom is 0.325 e. The molecule has 0 radical (unpaired) electrons. The van der Waals surface area contributed by atoms with Gasteiger partial charge in [0.15, 0.2) is 0 Å². The third-order valence-corrected chi connectivity index (χ3v) is 4.46. The number of benzene rings is 2. The number of hydrogen-bond donors (Lipinski definition) is 4. The summed E-state index contributed by atoms with van der Waals surface area (Å²) in [5.74, 6) is -3.07. The quantitative estimate of drug-likeness (QED) is 0.445.